The molecule has 2 aliphatic heterocycles. The largest absolute Gasteiger partial charge is 0.493 e. The molecule has 0 N–H and O–H groups in total. The first-order chi connectivity index (χ1) is 10.8. The second kappa shape index (κ2) is 6.00. The van der Waals surface area contributed by atoms with Crippen LogP contribution in [0.5, 0.6) is 5.75 Å². The lowest BCUT2D eigenvalue weighted by atomic mass is 9.69. The van der Waals surface area contributed by atoms with E-state index in [0.29, 0.717) is 0 Å². The first kappa shape index (κ1) is 16.6. The number of benzene rings is 1. The zero-order chi connectivity index (χ0) is 16.7. The van der Waals surface area contributed by atoms with Crippen molar-refractivity contribution in [1.82, 2.24) is 4.90 Å². The van der Waals surface area contributed by atoms with E-state index in [0.717, 1.165) is 49.2 Å². The van der Waals surface area contributed by atoms with Gasteiger partial charge < -0.3 is 14.4 Å². The molecule has 3 rings (SSSR count). The Kier molecular flexibility index (Phi) is 4.34. The van der Waals surface area contributed by atoms with Gasteiger partial charge in [0.15, 0.2) is 0 Å². The fourth-order valence-electron chi connectivity index (χ4n) is 3.50. The molecule has 0 unspecified atom stereocenters. The second-order valence-corrected chi connectivity index (χ2v) is 8.40. The molecule has 1 spiro atoms. The van der Waals surface area contributed by atoms with Crippen LogP contribution in [0, 0.1) is 0 Å². The maximum absolute atomic E-state index is 12.3. The number of carbonyl (C=O) groups is 1. The molecule has 0 saturated carbocycles. The van der Waals surface area contributed by atoms with Gasteiger partial charge in [-0.05, 0) is 58.2 Å². The number of halogens is 1. The minimum absolute atomic E-state index is 0.121. The minimum atomic E-state index is -0.442. The van der Waals surface area contributed by atoms with Gasteiger partial charge in [-0.25, -0.2) is 4.79 Å². The van der Waals surface area contributed by atoms with Gasteiger partial charge in [0.05, 0.1) is 6.61 Å². The Hall–Kier alpha value is -1.23. The van der Waals surface area contributed by atoms with Gasteiger partial charge in [-0.3, -0.25) is 0 Å². The van der Waals surface area contributed by atoms with Crippen molar-refractivity contribution in [2.75, 3.05) is 19.7 Å². The summed E-state index contributed by atoms with van der Waals surface area (Å²) in [5, 5.41) is 0. The number of nitrogens with zero attached hydrogens (tertiary/aromatic N) is 1. The molecule has 0 aliphatic carbocycles. The van der Waals surface area contributed by atoms with Crippen molar-refractivity contribution in [3.05, 3.63) is 28.2 Å². The van der Waals surface area contributed by atoms with Crippen LogP contribution in [0.25, 0.3) is 0 Å². The Bertz CT molecular complexity index is 601. The number of ether oxygens (including phenoxy) is 2. The van der Waals surface area contributed by atoms with Crippen LogP contribution in [0.1, 0.15) is 45.6 Å². The van der Waals surface area contributed by atoms with Crippen LogP contribution >= 0.6 is 15.9 Å². The van der Waals surface area contributed by atoms with Crippen LogP contribution in [0.4, 0.5) is 4.79 Å². The number of likely N-dealkylation sites (tertiary alicyclic amines) is 1. The molecule has 4 nitrogen and oxygen atoms in total. The highest BCUT2D eigenvalue weighted by molar-refractivity contribution is 9.10. The number of rotatable bonds is 0. The summed E-state index contributed by atoms with van der Waals surface area (Å²) >= 11 is 3.57. The van der Waals surface area contributed by atoms with Crippen molar-refractivity contribution in [2.45, 2.75) is 51.0 Å². The van der Waals surface area contributed by atoms with Crippen LogP contribution < -0.4 is 4.74 Å². The number of hydrogen-bond acceptors (Lipinski definition) is 3. The van der Waals surface area contributed by atoms with Crippen molar-refractivity contribution >= 4 is 22.0 Å². The fourth-order valence-corrected chi connectivity index (χ4v) is 3.86. The Morgan fingerprint density at radius 1 is 1.26 bits per heavy atom. The van der Waals surface area contributed by atoms with Crippen LogP contribution in [0.3, 0.4) is 0 Å². The molecule has 1 saturated heterocycles. The standard InChI is InChI=1S/C18H24BrNO3/c1-17(2,3)23-16(21)20-9-6-18(7-10-20)8-11-22-15-5-4-13(19)12-14(15)18/h4-5,12H,6-11H2,1-3H3. The molecule has 1 fully saturated rings. The van der Waals surface area contributed by atoms with Crippen molar-refractivity contribution in [2.24, 2.45) is 0 Å². The van der Waals surface area contributed by atoms with Gasteiger partial charge in [-0.2, -0.15) is 0 Å². The van der Waals surface area contributed by atoms with Gasteiger partial charge in [0.25, 0.3) is 0 Å². The van der Waals surface area contributed by atoms with Gasteiger partial charge in [0.2, 0.25) is 0 Å². The third-order valence-corrected chi connectivity index (χ3v) is 5.22. The predicted molar refractivity (Wildman–Crippen MR) is 93.0 cm³/mol. The van der Waals surface area contributed by atoms with Crippen LogP contribution in [0.15, 0.2) is 22.7 Å². The van der Waals surface area contributed by atoms with Crippen LogP contribution in [-0.4, -0.2) is 36.3 Å². The Morgan fingerprint density at radius 2 is 1.96 bits per heavy atom. The molecular weight excluding hydrogens is 358 g/mol. The van der Waals surface area contributed by atoms with E-state index in [-0.39, 0.29) is 11.5 Å². The summed E-state index contributed by atoms with van der Waals surface area (Å²) in [6.45, 7) is 7.94. The molecule has 0 atom stereocenters. The average Bonchev–Trinajstić information content (AvgIpc) is 2.47. The first-order valence-electron chi connectivity index (χ1n) is 8.20. The molecular formula is C18H24BrNO3. The molecule has 1 aromatic rings. The lowest BCUT2D eigenvalue weighted by molar-refractivity contribution is 0.0140. The third-order valence-electron chi connectivity index (χ3n) is 4.72. The Morgan fingerprint density at radius 3 is 2.61 bits per heavy atom. The average molecular weight is 382 g/mol. The maximum atomic E-state index is 12.3. The van der Waals surface area contributed by atoms with Crippen LogP contribution in [-0.2, 0) is 10.2 Å². The van der Waals surface area contributed by atoms with E-state index in [1.807, 2.05) is 37.8 Å². The molecule has 23 heavy (non-hydrogen) atoms. The van der Waals surface area contributed by atoms with Gasteiger partial charge in [0.1, 0.15) is 11.4 Å². The zero-order valence-corrected chi connectivity index (χ0v) is 15.6. The van der Waals surface area contributed by atoms with E-state index in [2.05, 4.69) is 22.0 Å². The lowest BCUT2D eigenvalue weighted by Crippen LogP contribution is -2.48. The molecule has 2 heterocycles. The normalized spacial score (nSPS) is 19.9. The third kappa shape index (κ3) is 3.49. The first-order valence-corrected chi connectivity index (χ1v) is 8.99. The van der Waals surface area contributed by atoms with E-state index in [9.17, 15) is 4.79 Å². The molecule has 5 heteroatoms. The second-order valence-electron chi connectivity index (χ2n) is 7.49. The summed E-state index contributed by atoms with van der Waals surface area (Å²) in [6, 6.07) is 6.24. The van der Waals surface area contributed by atoms with Gasteiger partial charge >= 0.3 is 6.09 Å². The van der Waals surface area contributed by atoms with Crippen molar-refractivity contribution in [3.8, 4) is 5.75 Å². The number of carbonyl (C=O) groups excluding carboxylic acids is 1. The van der Waals surface area contributed by atoms with E-state index in [4.69, 9.17) is 9.47 Å². The molecule has 1 amide bonds. The van der Waals surface area contributed by atoms with E-state index >= 15 is 0 Å². The zero-order valence-electron chi connectivity index (χ0n) is 14.0. The minimum Gasteiger partial charge on any atom is -0.493 e. The molecule has 2 aliphatic rings. The summed E-state index contributed by atoms with van der Waals surface area (Å²) in [4.78, 5) is 14.1. The summed E-state index contributed by atoms with van der Waals surface area (Å²) in [7, 11) is 0. The van der Waals surface area contributed by atoms with Gasteiger partial charge in [0, 0.05) is 28.5 Å². The number of hydrogen-bond donors (Lipinski definition) is 0. The predicted octanol–water partition coefficient (Wildman–Crippen LogP) is 4.50. The highest BCUT2D eigenvalue weighted by atomic mass is 79.9. The van der Waals surface area contributed by atoms with Gasteiger partial charge in [-0.15, -0.1) is 0 Å². The molecule has 126 valence electrons. The maximum Gasteiger partial charge on any atom is 0.410 e. The van der Waals surface area contributed by atoms with Crippen LogP contribution in [0.2, 0.25) is 0 Å². The smallest absolute Gasteiger partial charge is 0.410 e. The quantitative estimate of drug-likeness (QED) is 0.663. The van der Waals surface area contributed by atoms with E-state index in [1.54, 1.807) is 0 Å². The fraction of sp³-hybridized carbons (Fsp3) is 0.611. The van der Waals surface area contributed by atoms with Crippen molar-refractivity contribution in [3.63, 3.8) is 0 Å². The molecule has 0 bridgehead atoms. The van der Waals surface area contributed by atoms with Crippen molar-refractivity contribution < 1.29 is 14.3 Å². The highest BCUT2D eigenvalue weighted by Crippen LogP contribution is 2.46. The topological polar surface area (TPSA) is 38.8 Å². The lowest BCUT2D eigenvalue weighted by Gasteiger charge is -2.45. The monoisotopic (exact) mass is 381 g/mol. The van der Waals surface area contributed by atoms with E-state index < -0.39 is 5.60 Å². The highest BCUT2D eigenvalue weighted by Gasteiger charge is 2.42. The Balaban J connectivity index is 1.74. The summed E-state index contributed by atoms with van der Waals surface area (Å²) in [6.07, 6.45) is 2.73. The van der Waals surface area contributed by atoms with E-state index in [1.165, 1.54) is 5.56 Å². The molecule has 0 radical (unpaired) electrons. The van der Waals surface area contributed by atoms with Crippen molar-refractivity contribution in [1.29, 1.82) is 0 Å². The molecule has 1 aromatic carbocycles. The Labute approximate surface area is 146 Å². The number of fused-ring (bicyclic) bond motifs is 2. The SMILES string of the molecule is CC(C)(C)OC(=O)N1CCC2(CCOc3ccc(Br)cc32)CC1. The molecule has 0 aromatic heterocycles. The summed E-state index contributed by atoms with van der Waals surface area (Å²) in [5.41, 5.74) is 0.958. The number of amides is 1. The number of piperidine rings is 1. The summed E-state index contributed by atoms with van der Waals surface area (Å²) < 4.78 is 12.4. The van der Waals surface area contributed by atoms with Gasteiger partial charge in [-0.1, -0.05) is 15.9 Å². The summed E-state index contributed by atoms with van der Waals surface area (Å²) in [5.74, 6) is 0.991.